The van der Waals surface area contributed by atoms with Gasteiger partial charge in [0.15, 0.2) is 4.80 Å². The standard InChI is InChI=1S/C26H26ClN3O4S/c1-5-29(6-2)25(33)22-15(3)28-26-30(23(22)18-9-7-8-10-20(18)34-4)24(32)21(35-26)14-16-13-17(27)11-12-19(16)31/h7-14,23,31H,5-6H2,1-4H3/b21-14+/t23-/m0/s1. The van der Waals surface area contributed by atoms with Gasteiger partial charge in [0.1, 0.15) is 17.5 Å². The second-order valence-corrected chi connectivity index (χ2v) is 9.45. The predicted octanol–water partition coefficient (Wildman–Crippen LogP) is 3.47. The lowest BCUT2D eigenvalue weighted by atomic mass is 9.94. The average Bonchev–Trinajstić information content (AvgIpc) is 3.15. The van der Waals surface area contributed by atoms with Gasteiger partial charge in [-0.2, -0.15) is 0 Å². The third kappa shape index (κ3) is 4.51. The van der Waals surface area contributed by atoms with E-state index in [9.17, 15) is 14.7 Å². The van der Waals surface area contributed by atoms with Gasteiger partial charge in [0.05, 0.1) is 22.9 Å². The Kier molecular flexibility index (Phi) is 7.14. The zero-order valence-electron chi connectivity index (χ0n) is 19.9. The number of hydrogen-bond acceptors (Lipinski definition) is 6. The van der Waals surface area contributed by atoms with Crippen LogP contribution < -0.4 is 19.6 Å². The third-order valence-electron chi connectivity index (χ3n) is 6.01. The van der Waals surface area contributed by atoms with Crippen molar-refractivity contribution in [3.05, 3.63) is 89.6 Å². The molecule has 1 aliphatic heterocycles. The molecule has 0 aliphatic carbocycles. The van der Waals surface area contributed by atoms with Crippen LogP contribution in [-0.2, 0) is 4.79 Å². The number of ether oxygens (including phenoxy) is 1. The number of fused-ring (bicyclic) bond motifs is 1. The number of carbonyl (C=O) groups is 1. The van der Waals surface area contributed by atoms with E-state index in [2.05, 4.69) is 4.99 Å². The first kappa shape index (κ1) is 24.8. The first-order valence-corrected chi connectivity index (χ1v) is 12.4. The summed E-state index contributed by atoms with van der Waals surface area (Å²) in [6.45, 7) is 6.69. The first-order chi connectivity index (χ1) is 16.8. The minimum atomic E-state index is -0.717. The zero-order valence-corrected chi connectivity index (χ0v) is 21.5. The second-order valence-electron chi connectivity index (χ2n) is 8.00. The molecular formula is C26H26ClN3O4S. The number of halogens is 1. The number of methoxy groups -OCH3 is 1. The van der Waals surface area contributed by atoms with Gasteiger partial charge >= 0.3 is 0 Å². The number of thiazole rings is 1. The molecule has 0 fully saturated rings. The number of nitrogens with zero attached hydrogens (tertiary/aromatic N) is 3. The molecule has 1 aromatic heterocycles. The predicted molar refractivity (Wildman–Crippen MR) is 138 cm³/mol. The molecule has 0 saturated heterocycles. The number of amides is 1. The highest BCUT2D eigenvalue weighted by molar-refractivity contribution is 7.07. The van der Waals surface area contributed by atoms with Crippen LogP contribution in [0.1, 0.15) is 37.9 Å². The molecule has 0 radical (unpaired) electrons. The maximum Gasteiger partial charge on any atom is 0.271 e. The molecule has 0 unspecified atom stereocenters. The number of carbonyl (C=O) groups excluding carboxylic acids is 1. The van der Waals surface area contributed by atoms with Crippen LogP contribution in [0.25, 0.3) is 6.08 Å². The number of para-hydroxylation sites is 1. The van der Waals surface area contributed by atoms with Gasteiger partial charge in [-0.25, -0.2) is 4.99 Å². The maximum atomic E-state index is 13.8. The molecule has 3 aromatic rings. The molecule has 35 heavy (non-hydrogen) atoms. The summed E-state index contributed by atoms with van der Waals surface area (Å²) in [5, 5.41) is 10.7. The molecule has 4 rings (SSSR count). The zero-order chi connectivity index (χ0) is 25.3. The van der Waals surface area contributed by atoms with Crippen LogP contribution in [0.15, 0.2) is 63.5 Å². The Morgan fingerprint density at radius 3 is 2.66 bits per heavy atom. The summed E-state index contributed by atoms with van der Waals surface area (Å²) in [5.41, 5.74) is 1.78. The molecule has 1 aliphatic rings. The minimum absolute atomic E-state index is 0.00935. The summed E-state index contributed by atoms with van der Waals surface area (Å²) in [4.78, 5) is 34.3. The number of phenols is 1. The van der Waals surface area contributed by atoms with Crippen molar-refractivity contribution in [2.45, 2.75) is 26.8 Å². The molecule has 1 atom stereocenters. The Morgan fingerprint density at radius 2 is 1.97 bits per heavy atom. The fourth-order valence-corrected chi connectivity index (χ4v) is 5.46. The van der Waals surface area contributed by atoms with E-state index >= 15 is 0 Å². The number of aromatic hydroxyl groups is 1. The number of aromatic nitrogens is 1. The fraction of sp³-hybridized carbons (Fsp3) is 0.269. The van der Waals surface area contributed by atoms with Crippen molar-refractivity contribution in [2.24, 2.45) is 4.99 Å². The van der Waals surface area contributed by atoms with Crippen molar-refractivity contribution in [1.82, 2.24) is 9.47 Å². The molecule has 1 N–H and O–H groups in total. The van der Waals surface area contributed by atoms with Gasteiger partial charge in [0.25, 0.3) is 11.5 Å². The summed E-state index contributed by atoms with van der Waals surface area (Å²) in [5.74, 6) is 0.406. The highest BCUT2D eigenvalue weighted by atomic mass is 35.5. The average molecular weight is 512 g/mol. The molecule has 2 aromatic carbocycles. The van der Waals surface area contributed by atoms with Gasteiger partial charge in [0, 0.05) is 29.2 Å². The molecule has 0 spiro atoms. The number of allylic oxidation sites excluding steroid dienone is 1. The van der Waals surface area contributed by atoms with Crippen LogP contribution in [0.3, 0.4) is 0 Å². The highest BCUT2D eigenvalue weighted by Crippen LogP contribution is 2.36. The van der Waals surface area contributed by atoms with E-state index in [1.807, 2.05) is 38.1 Å². The number of hydrogen-bond donors (Lipinski definition) is 1. The largest absolute Gasteiger partial charge is 0.507 e. The van der Waals surface area contributed by atoms with E-state index < -0.39 is 6.04 Å². The van der Waals surface area contributed by atoms with Crippen LogP contribution in [0.5, 0.6) is 11.5 Å². The Bertz CT molecular complexity index is 1500. The fourth-order valence-electron chi connectivity index (χ4n) is 4.25. The molecular weight excluding hydrogens is 486 g/mol. The van der Waals surface area contributed by atoms with Crippen LogP contribution in [0.4, 0.5) is 0 Å². The number of likely N-dealkylation sites (N-methyl/N-ethyl adjacent to an activating group) is 1. The summed E-state index contributed by atoms with van der Waals surface area (Å²) in [6, 6.07) is 11.3. The van der Waals surface area contributed by atoms with Gasteiger partial charge in [-0.1, -0.05) is 41.1 Å². The topological polar surface area (TPSA) is 84.1 Å². The van der Waals surface area contributed by atoms with Gasteiger partial charge in [-0.15, -0.1) is 0 Å². The molecule has 7 nitrogen and oxygen atoms in total. The number of benzene rings is 2. The Balaban J connectivity index is 2.02. The Hall–Kier alpha value is -3.36. The van der Waals surface area contributed by atoms with Crippen LogP contribution in [0.2, 0.25) is 5.02 Å². The molecule has 2 heterocycles. The van der Waals surface area contributed by atoms with Gasteiger partial charge < -0.3 is 14.7 Å². The van der Waals surface area contributed by atoms with E-state index in [1.54, 1.807) is 41.7 Å². The summed E-state index contributed by atoms with van der Waals surface area (Å²) >= 11 is 7.29. The first-order valence-electron chi connectivity index (χ1n) is 11.2. The highest BCUT2D eigenvalue weighted by Gasteiger charge is 2.35. The maximum absolute atomic E-state index is 13.8. The van der Waals surface area contributed by atoms with Crippen molar-refractivity contribution < 1.29 is 14.6 Å². The van der Waals surface area contributed by atoms with E-state index in [0.717, 1.165) is 0 Å². The molecule has 0 saturated carbocycles. The van der Waals surface area contributed by atoms with Gasteiger partial charge in [-0.3, -0.25) is 14.2 Å². The summed E-state index contributed by atoms with van der Waals surface area (Å²) in [6.07, 6.45) is 1.59. The van der Waals surface area contributed by atoms with Crippen LogP contribution in [-0.4, -0.2) is 40.7 Å². The van der Waals surface area contributed by atoms with Crippen molar-refractivity contribution >= 4 is 34.9 Å². The third-order valence-corrected chi connectivity index (χ3v) is 7.23. The lowest BCUT2D eigenvalue weighted by molar-refractivity contribution is -0.127. The summed E-state index contributed by atoms with van der Waals surface area (Å²) < 4.78 is 7.52. The molecule has 0 bridgehead atoms. The van der Waals surface area contributed by atoms with Crippen molar-refractivity contribution in [1.29, 1.82) is 0 Å². The van der Waals surface area contributed by atoms with E-state index in [1.165, 1.54) is 17.4 Å². The lowest BCUT2D eigenvalue weighted by Crippen LogP contribution is -2.43. The minimum Gasteiger partial charge on any atom is -0.507 e. The van der Waals surface area contributed by atoms with E-state index in [-0.39, 0.29) is 17.2 Å². The number of rotatable bonds is 6. The molecule has 9 heteroatoms. The number of phenolic OH excluding ortho intramolecular Hbond substituents is 1. The quantitative estimate of drug-likeness (QED) is 0.549. The second kappa shape index (κ2) is 10.1. The SMILES string of the molecule is CCN(CC)C(=O)C1=C(C)N=c2s/c(=C/c3cc(Cl)ccc3O)c(=O)n2[C@H]1c1ccccc1OC. The Morgan fingerprint density at radius 1 is 1.26 bits per heavy atom. The van der Waals surface area contributed by atoms with Crippen molar-refractivity contribution in [3.63, 3.8) is 0 Å². The monoisotopic (exact) mass is 511 g/mol. The normalized spacial score (nSPS) is 15.6. The Labute approximate surface area is 211 Å². The van der Waals surface area contributed by atoms with Crippen molar-refractivity contribution in [3.8, 4) is 11.5 Å². The van der Waals surface area contributed by atoms with E-state index in [4.69, 9.17) is 16.3 Å². The van der Waals surface area contributed by atoms with Gasteiger partial charge in [0.2, 0.25) is 0 Å². The summed E-state index contributed by atoms with van der Waals surface area (Å²) in [7, 11) is 1.56. The van der Waals surface area contributed by atoms with Crippen molar-refractivity contribution in [2.75, 3.05) is 20.2 Å². The van der Waals surface area contributed by atoms with Crippen LogP contribution >= 0.6 is 22.9 Å². The van der Waals surface area contributed by atoms with E-state index in [0.29, 0.717) is 55.6 Å². The van der Waals surface area contributed by atoms with Gasteiger partial charge in [-0.05, 0) is 51.1 Å². The molecule has 182 valence electrons. The van der Waals surface area contributed by atoms with Crippen LogP contribution in [0, 0.1) is 0 Å². The molecule has 1 amide bonds. The lowest BCUT2D eigenvalue weighted by Gasteiger charge is -2.29. The smallest absolute Gasteiger partial charge is 0.271 e.